The van der Waals surface area contributed by atoms with Gasteiger partial charge in [0.25, 0.3) is 5.56 Å². The first-order valence-electron chi connectivity index (χ1n) is 12.9. The van der Waals surface area contributed by atoms with Crippen molar-refractivity contribution >= 4 is 22.6 Å². The van der Waals surface area contributed by atoms with E-state index >= 15 is 0 Å². The zero-order chi connectivity index (χ0) is 29.0. The van der Waals surface area contributed by atoms with Crippen molar-refractivity contribution in [3.05, 3.63) is 94.5 Å². The fourth-order valence-corrected chi connectivity index (χ4v) is 4.51. The molecule has 0 aliphatic rings. The van der Waals surface area contributed by atoms with Crippen LogP contribution in [0, 0.1) is 5.92 Å². The summed E-state index contributed by atoms with van der Waals surface area (Å²) in [6.07, 6.45) is -4.08. The summed E-state index contributed by atoms with van der Waals surface area (Å²) in [6.45, 7) is 5.89. The summed E-state index contributed by atoms with van der Waals surface area (Å²) in [6, 6.07) is 17.1. The van der Waals surface area contributed by atoms with Crippen molar-refractivity contribution < 1.29 is 22.7 Å². The van der Waals surface area contributed by atoms with E-state index in [2.05, 4.69) is 5.32 Å². The molecule has 1 aromatic heterocycles. The van der Waals surface area contributed by atoms with Crippen LogP contribution in [-0.2, 0) is 6.18 Å². The number of alkyl halides is 3. The van der Waals surface area contributed by atoms with Gasteiger partial charge in [0.1, 0.15) is 11.6 Å². The second kappa shape index (κ2) is 11.8. The number of methoxy groups -OCH3 is 1. The first-order valence-corrected chi connectivity index (χ1v) is 12.9. The number of anilines is 1. The fraction of sp³-hybridized carbons (Fsp3) is 0.300. The van der Waals surface area contributed by atoms with Crippen LogP contribution in [0.5, 0.6) is 5.75 Å². The lowest BCUT2D eigenvalue weighted by Gasteiger charge is -2.31. The molecule has 1 atom stereocenters. The average molecular weight is 553 g/mol. The summed E-state index contributed by atoms with van der Waals surface area (Å²) < 4.78 is 47.9. The lowest BCUT2D eigenvalue weighted by atomic mass is 10.1. The number of nitrogens with one attached hydrogen (secondary N) is 1. The maximum absolute atomic E-state index is 13.9. The maximum atomic E-state index is 13.9. The van der Waals surface area contributed by atoms with Crippen LogP contribution in [0.3, 0.4) is 0 Å². The molecule has 4 aromatic rings. The molecule has 1 unspecified atom stereocenters. The van der Waals surface area contributed by atoms with Crippen LogP contribution in [0.1, 0.15) is 44.6 Å². The Morgan fingerprint density at radius 1 is 1.00 bits per heavy atom. The van der Waals surface area contributed by atoms with Crippen LogP contribution in [0.25, 0.3) is 16.6 Å². The summed E-state index contributed by atoms with van der Waals surface area (Å²) in [4.78, 5) is 33.7. The number of amides is 2. The van der Waals surface area contributed by atoms with E-state index in [1.54, 1.807) is 55.5 Å². The van der Waals surface area contributed by atoms with E-state index in [1.165, 1.54) is 34.8 Å². The number of ether oxygens (including phenoxy) is 1. The van der Waals surface area contributed by atoms with E-state index in [0.29, 0.717) is 28.8 Å². The van der Waals surface area contributed by atoms with Crippen molar-refractivity contribution in [1.29, 1.82) is 0 Å². The second-order valence-corrected chi connectivity index (χ2v) is 9.82. The molecule has 0 aliphatic carbocycles. The minimum atomic E-state index is -4.65. The Morgan fingerprint density at radius 3 is 2.35 bits per heavy atom. The van der Waals surface area contributed by atoms with Crippen LogP contribution in [0.4, 0.5) is 23.7 Å². The molecule has 0 aliphatic heterocycles. The first-order chi connectivity index (χ1) is 19.0. The Balaban J connectivity index is 1.86. The molecule has 0 radical (unpaired) electrons. The van der Waals surface area contributed by atoms with Gasteiger partial charge in [-0.1, -0.05) is 50.2 Å². The van der Waals surface area contributed by atoms with Gasteiger partial charge in [-0.3, -0.25) is 9.36 Å². The van der Waals surface area contributed by atoms with Crippen LogP contribution >= 0.6 is 0 Å². The number of para-hydroxylation sites is 4. The van der Waals surface area contributed by atoms with Gasteiger partial charge >= 0.3 is 12.2 Å². The minimum absolute atomic E-state index is 0.200. The normalized spacial score (nSPS) is 12.4. The summed E-state index contributed by atoms with van der Waals surface area (Å²) in [5.74, 6) is 0.870. The molecule has 7 nitrogen and oxygen atoms in total. The minimum Gasteiger partial charge on any atom is -0.495 e. The van der Waals surface area contributed by atoms with E-state index in [0.717, 1.165) is 6.07 Å². The number of carbonyl (C=O) groups excluding carboxylic acids is 1. The molecular formula is C30H31F3N4O3. The van der Waals surface area contributed by atoms with Crippen molar-refractivity contribution in [2.75, 3.05) is 19.0 Å². The van der Waals surface area contributed by atoms with E-state index in [4.69, 9.17) is 9.72 Å². The van der Waals surface area contributed by atoms with Crippen LogP contribution in [0.15, 0.2) is 77.6 Å². The smallest absolute Gasteiger partial charge is 0.418 e. The van der Waals surface area contributed by atoms with Gasteiger partial charge in [-0.25, -0.2) is 9.78 Å². The summed E-state index contributed by atoms with van der Waals surface area (Å²) >= 11 is 0. The second-order valence-electron chi connectivity index (χ2n) is 9.82. The number of hydrogen-bond donors (Lipinski definition) is 1. The van der Waals surface area contributed by atoms with E-state index in [9.17, 15) is 22.8 Å². The largest absolute Gasteiger partial charge is 0.495 e. The lowest BCUT2D eigenvalue weighted by Crippen LogP contribution is -2.41. The van der Waals surface area contributed by atoms with Gasteiger partial charge < -0.3 is 15.0 Å². The number of hydrogen-bond acceptors (Lipinski definition) is 4. The average Bonchev–Trinajstić information content (AvgIpc) is 2.92. The Hall–Kier alpha value is -4.34. The quantitative estimate of drug-likeness (QED) is 0.254. The molecule has 210 valence electrons. The summed E-state index contributed by atoms with van der Waals surface area (Å²) in [5.41, 5.74) is -0.789. The Kier molecular flexibility index (Phi) is 8.46. The molecule has 0 saturated heterocycles. The third-order valence-electron chi connectivity index (χ3n) is 6.65. The van der Waals surface area contributed by atoms with Gasteiger partial charge in [-0.05, 0) is 55.7 Å². The molecule has 10 heteroatoms. The Morgan fingerprint density at radius 2 is 1.65 bits per heavy atom. The number of benzene rings is 3. The molecule has 0 spiro atoms. The van der Waals surface area contributed by atoms with Crippen molar-refractivity contribution in [3.63, 3.8) is 0 Å². The third kappa shape index (κ3) is 5.95. The van der Waals surface area contributed by atoms with Crippen molar-refractivity contribution in [3.8, 4) is 11.4 Å². The number of nitrogens with zero attached hydrogens (tertiary/aromatic N) is 3. The predicted molar refractivity (Wildman–Crippen MR) is 149 cm³/mol. The number of halogens is 3. The first kappa shape index (κ1) is 28.7. The molecule has 1 N–H and O–H groups in total. The number of rotatable bonds is 8. The molecule has 2 amide bonds. The van der Waals surface area contributed by atoms with Crippen molar-refractivity contribution in [2.45, 2.75) is 39.4 Å². The molecule has 0 saturated carbocycles. The zero-order valence-electron chi connectivity index (χ0n) is 22.7. The van der Waals surface area contributed by atoms with Gasteiger partial charge in [-0.2, -0.15) is 13.2 Å². The van der Waals surface area contributed by atoms with Gasteiger partial charge in [-0.15, -0.1) is 0 Å². The molecule has 0 bridgehead atoms. The lowest BCUT2D eigenvalue weighted by molar-refractivity contribution is -0.136. The predicted octanol–water partition coefficient (Wildman–Crippen LogP) is 7.05. The van der Waals surface area contributed by atoms with E-state index in [-0.39, 0.29) is 29.5 Å². The summed E-state index contributed by atoms with van der Waals surface area (Å²) in [5, 5.41) is 2.83. The standard InChI is InChI=1S/C30H31F3N4O3/c1-19(2)17-18-36(29(39)35-24-14-8-6-12-22(24)30(31,32)33)20(3)27-34-23-13-7-5-11-21(23)28(38)37(27)25-15-9-10-16-26(25)40-4/h5-16,19-20H,17-18H2,1-4H3,(H,35,39). The molecule has 3 aromatic carbocycles. The number of aromatic nitrogens is 2. The zero-order valence-corrected chi connectivity index (χ0v) is 22.7. The van der Waals surface area contributed by atoms with Crippen LogP contribution < -0.4 is 15.6 Å². The molecule has 1 heterocycles. The molecule has 4 rings (SSSR count). The molecular weight excluding hydrogens is 521 g/mol. The monoisotopic (exact) mass is 552 g/mol. The maximum Gasteiger partial charge on any atom is 0.418 e. The highest BCUT2D eigenvalue weighted by Crippen LogP contribution is 2.35. The van der Waals surface area contributed by atoms with E-state index < -0.39 is 23.8 Å². The van der Waals surface area contributed by atoms with Gasteiger partial charge in [0.05, 0.1) is 41.0 Å². The Labute approximate surface area is 230 Å². The van der Waals surface area contributed by atoms with Crippen LogP contribution in [0.2, 0.25) is 0 Å². The third-order valence-corrected chi connectivity index (χ3v) is 6.65. The highest BCUT2D eigenvalue weighted by Gasteiger charge is 2.35. The number of urea groups is 1. The van der Waals surface area contributed by atoms with Gasteiger partial charge in [0.2, 0.25) is 0 Å². The molecule has 0 fully saturated rings. The topological polar surface area (TPSA) is 76.5 Å². The van der Waals surface area contributed by atoms with E-state index in [1.807, 2.05) is 13.8 Å². The van der Waals surface area contributed by atoms with Crippen molar-refractivity contribution in [1.82, 2.24) is 14.5 Å². The Bertz CT molecular complexity index is 1570. The molecule has 40 heavy (non-hydrogen) atoms. The SMILES string of the molecule is COc1ccccc1-n1c(C(C)N(CCC(C)C)C(=O)Nc2ccccc2C(F)(F)F)nc2ccccc2c1=O. The van der Waals surface area contributed by atoms with Gasteiger partial charge in [0.15, 0.2) is 0 Å². The fourth-order valence-electron chi connectivity index (χ4n) is 4.51. The van der Waals surface area contributed by atoms with Crippen LogP contribution in [-0.4, -0.2) is 34.1 Å². The van der Waals surface area contributed by atoms with Crippen molar-refractivity contribution in [2.24, 2.45) is 5.92 Å². The summed E-state index contributed by atoms with van der Waals surface area (Å²) in [7, 11) is 1.49. The number of carbonyl (C=O) groups is 1. The van der Waals surface area contributed by atoms with Gasteiger partial charge in [0, 0.05) is 6.54 Å². The highest BCUT2D eigenvalue weighted by atomic mass is 19.4. The number of fused-ring (bicyclic) bond motifs is 1. The highest BCUT2D eigenvalue weighted by molar-refractivity contribution is 5.90.